The Balaban J connectivity index is 2.54. The summed E-state index contributed by atoms with van der Waals surface area (Å²) in [6.45, 7) is 5.15. The van der Waals surface area contributed by atoms with Gasteiger partial charge in [0.05, 0.1) is 16.0 Å². The minimum atomic E-state index is -0.414. The molecule has 0 atom stereocenters. The number of hydrogen-bond acceptors (Lipinski definition) is 4. The number of nitrogens with zero attached hydrogens (tertiary/aromatic N) is 1. The predicted molar refractivity (Wildman–Crippen MR) is 68.4 cm³/mol. The van der Waals surface area contributed by atoms with E-state index in [9.17, 15) is 10.1 Å². The maximum Gasteiger partial charge on any atom is 0.283 e. The highest BCUT2D eigenvalue weighted by Crippen LogP contribution is 2.25. The molecule has 5 nitrogen and oxygen atoms in total. The third-order valence-corrected chi connectivity index (χ3v) is 2.67. The van der Waals surface area contributed by atoms with Crippen molar-refractivity contribution in [1.82, 2.24) is 5.48 Å². The molecule has 0 spiro atoms. The van der Waals surface area contributed by atoms with Crippen LogP contribution in [0.3, 0.4) is 0 Å². The minimum Gasteiger partial charge on any atom is -0.301 e. The van der Waals surface area contributed by atoms with Gasteiger partial charge >= 0.3 is 0 Å². The second-order valence-corrected chi connectivity index (χ2v) is 4.92. The van der Waals surface area contributed by atoms with Crippen molar-refractivity contribution in [1.29, 1.82) is 0 Å². The number of hydrogen-bond donors (Lipinski definition) is 1. The monoisotopic (exact) mass is 302 g/mol. The van der Waals surface area contributed by atoms with E-state index < -0.39 is 4.92 Å². The van der Waals surface area contributed by atoms with Gasteiger partial charge in [0.2, 0.25) is 0 Å². The molecule has 94 valence electrons. The highest BCUT2D eigenvalue weighted by atomic mass is 79.9. The molecule has 0 aromatic heterocycles. The zero-order chi connectivity index (χ0) is 12.8. The number of nitro benzene ring substituents is 1. The van der Waals surface area contributed by atoms with Gasteiger partial charge in [0.15, 0.2) is 0 Å². The summed E-state index contributed by atoms with van der Waals surface area (Å²) in [5.74, 6) is 0.446. The van der Waals surface area contributed by atoms with Gasteiger partial charge in [-0.25, -0.2) is 0 Å². The smallest absolute Gasteiger partial charge is 0.283 e. The fraction of sp³-hybridized carbons (Fsp3) is 0.455. The van der Waals surface area contributed by atoms with Crippen molar-refractivity contribution in [3.05, 3.63) is 38.3 Å². The highest BCUT2D eigenvalue weighted by Gasteiger charge is 2.11. The first kappa shape index (κ1) is 14.1. The van der Waals surface area contributed by atoms with Crippen molar-refractivity contribution in [3.8, 4) is 0 Å². The lowest BCUT2D eigenvalue weighted by Crippen LogP contribution is -2.17. The molecule has 1 aromatic carbocycles. The average molecular weight is 303 g/mol. The van der Waals surface area contributed by atoms with Crippen LogP contribution in [-0.2, 0) is 11.4 Å². The van der Waals surface area contributed by atoms with Crippen LogP contribution in [0.2, 0.25) is 0 Å². The number of hydroxylamine groups is 1. The van der Waals surface area contributed by atoms with Gasteiger partial charge in [-0.2, -0.15) is 5.48 Å². The first-order chi connectivity index (χ1) is 8.00. The van der Waals surface area contributed by atoms with Gasteiger partial charge in [-0.15, -0.1) is 0 Å². The maximum absolute atomic E-state index is 10.7. The Morgan fingerprint density at radius 3 is 2.82 bits per heavy atom. The van der Waals surface area contributed by atoms with Crippen LogP contribution < -0.4 is 5.48 Å². The van der Waals surface area contributed by atoms with Crippen LogP contribution in [0.4, 0.5) is 5.69 Å². The normalized spacial score (nSPS) is 10.8. The molecule has 0 amide bonds. The molecule has 0 aliphatic rings. The summed E-state index contributed by atoms with van der Waals surface area (Å²) >= 11 is 3.14. The minimum absolute atomic E-state index is 0.0631. The zero-order valence-electron chi connectivity index (χ0n) is 9.77. The van der Waals surface area contributed by atoms with Crippen molar-refractivity contribution in [2.75, 3.05) is 6.61 Å². The predicted octanol–water partition coefficient (Wildman–Crippen LogP) is 3.03. The van der Waals surface area contributed by atoms with Crippen molar-refractivity contribution in [3.63, 3.8) is 0 Å². The van der Waals surface area contributed by atoms with Crippen LogP contribution in [0, 0.1) is 16.0 Å². The maximum atomic E-state index is 10.7. The Morgan fingerprint density at radius 2 is 2.24 bits per heavy atom. The van der Waals surface area contributed by atoms with Crippen molar-refractivity contribution in [2.24, 2.45) is 5.92 Å². The first-order valence-electron chi connectivity index (χ1n) is 5.28. The third-order valence-electron chi connectivity index (χ3n) is 2.00. The van der Waals surface area contributed by atoms with E-state index in [0.29, 0.717) is 23.5 Å². The van der Waals surface area contributed by atoms with Crippen molar-refractivity contribution in [2.45, 2.75) is 20.4 Å². The summed E-state index contributed by atoms with van der Waals surface area (Å²) in [7, 11) is 0. The topological polar surface area (TPSA) is 64.4 Å². The lowest BCUT2D eigenvalue weighted by molar-refractivity contribution is -0.385. The molecule has 0 saturated heterocycles. The molecule has 6 heteroatoms. The molecular weight excluding hydrogens is 288 g/mol. The van der Waals surface area contributed by atoms with E-state index in [4.69, 9.17) is 4.84 Å². The van der Waals surface area contributed by atoms with Crippen LogP contribution in [0.5, 0.6) is 0 Å². The molecule has 0 unspecified atom stereocenters. The van der Waals surface area contributed by atoms with Crippen LogP contribution in [0.15, 0.2) is 22.7 Å². The summed E-state index contributed by atoms with van der Waals surface area (Å²) < 4.78 is 0.481. The van der Waals surface area contributed by atoms with E-state index in [2.05, 4.69) is 21.4 Å². The summed E-state index contributed by atoms with van der Waals surface area (Å²) in [6, 6.07) is 5.00. The van der Waals surface area contributed by atoms with Gasteiger partial charge in [0, 0.05) is 12.6 Å². The van der Waals surface area contributed by atoms with Gasteiger partial charge in [-0.1, -0.05) is 19.9 Å². The summed E-state index contributed by atoms with van der Waals surface area (Å²) in [4.78, 5) is 15.5. The standard InChI is InChI=1S/C11H15BrN2O3/c1-8(2)7-17-13-6-9-3-4-10(12)11(5-9)14(15)16/h3-5,8,13H,6-7H2,1-2H3. The molecule has 17 heavy (non-hydrogen) atoms. The van der Waals surface area contributed by atoms with Gasteiger partial charge < -0.3 is 4.84 Å². The van der Waals surface area contributed by atoms with Crippen molar-refractivity contribution >= 4 is 21.6 Å². The number of nitrogens with one attached hydrogen (secondary N) is 1. The molecule has 0 saturated carbocycles. The van der Waals surface area contributed by atoms with E-state index in [1.54, 1.807) is 6.07 Å². The van der Waals surface area contributed by atoms with E-state index in [0.717, 1.165) is 5.56 Å². The van der Waals surface area contributed by atoms with Crippen LogP contribution in [0.1, 0.15) is 19.4 Å². The largest absolute Gasteiger partial charge is 0.301 e. The van der Waals surface area contributed by atoms with Gasteiger partial charge in [0.25, 0.3) is 5.69 Å². The highest BCUT2D eigenvalue weighted by molar-refractivity contribution is 9.10. The molecule has 0 radical (unpaired) electrons. The van der Waals surface area contributed by atoms with E-state index in [-0.39, 0.29) is 5.69 Å². The van der Waals surface area contributed by atoms with Crippen molar-refractivity contribution < 1.29 is 9.76 Å². The quantitative estimate of drug-likeness (QED) is 0.498. The molecular formula is C11H15BrN2O3. The lowest BCUT2D eigenvalue weighted by atomic mass is 10.2. The fourth-order valence-electron chi connectivity index (χ4n) is 1.17. The fourth-order valence-corrected chi connectivity index (χ4v) is 1.56. The SMILES string of the molecule is CC(C)CONCc1ccc(Br)c([N+](=O)[O-])c1. The molecule has 0 aliphatic carbocycles. The average Bonchev–Trinajstić information content (AvgIpc) is 2.25. The van der Waals surface area contributed by atoms with Crippen LogP contribution in [-0.4, -0.2) is 11.5 Å². The molecule has 1 N–H and O–H groups in total. The second kappa shape index (κ2) is 6.68. The molecule has 1 rings (SSSR count). The van der Waals surface area contributed by atoms with E-state index in [1.165, 1.54) is 6.07 Å². The van der Waals surface area contributed by atoms with E-state index >= 15 is 0 Å². The first-order valence-corrected chi connectivity index (χ1v) is 6.07. The van der Waals surface area contributed by atoms with Gasteiger partial charge in [-0.05, 0) is 33.5 Å². The Morgan fingerprint density at radius 1 is 1.53 bits per heavy atom. The lowest BCUT2D eigenvalue weighted by Gasteiger charge is -2.08. The Kier molecular flexibility index (Phi) is 5.54. The molecule has 0 fully saturated rings. The molecule has 0 bridgehead atoms. The number of nitro groups is 1. The molecule has 0 aliphatic heterocycles. The summed E-state index contributed by atoms with van der Waals surface area (Å²) in [5.41, 5.74) is 3.65. The molecule has 1 aromatic rings. The van der Waals surface area contributed by atoms with Crippen LogP contribution >= 0.6 is 15.9 Å². The number of benzene rings is 1. The van der Waals surface area contributed by atoms with Crippen LogP contribution in [0.25, 0.3) is 0 Å². The Hall–Kier alpha value is -0.980. The second-order valence-electron chi connectivity index (χ2n) is 4.07. The van der Waals surface area contributed by atoms with Gasteiger partial charge in [-0.3, -0.25) is 10.1 Å². The molecule has 0 heterocycles. The van der Waals surface area contributed by atoms with Gasteiger partial charge in [0.1, 0.15) is 0 Å². The summed E-state index contributed by atoms with van der Waals surface area (Å²) in [6.07, 6.45) is 0. The Bertz CT molecular complexity index is 396. The number of halogens is 1. The summed E-state index contributed by atoms with van der Waals surface area (Å²) in [5, 5.41) is 10.7. The number of rotatable bonds is 6. The zero-order valence-corrected chi connectivity index (χ0v) is 11.4. The third kappa shape index (κ3) is 4.80. The van der Waals surface area contributed by atoms with E-state index in [1.807, 2.05) is 19.9 Å². The Labute approximate surface area is 108 Å².